The summed E-state index contributed by atoms with van der Waals surface area (Å²) in [6.45, 7) is 3.75. The topological polar surface area (TPSA) is 50.4 Å². The van der Waals surface area contributed by atoms with E-state index in [1.807, 2.05) is 13.8 Å². The highest BCUT2D eigenvalue weighted by molar-refractivity contribution is 5.74. The molecule has 1 fully saturated rings. The molecule has 2 amide bonds. The lowest BCUT2D eigenvalue weighted by Gasteiger charge is -2.17. The molecule has 0 aromatic heterocycles. The number of nitrogens with one attached hydrogen (secondary N) is 2. The van der Waals surface area contributed by atoms with Crippen LogP contribution in [0.2, 0.25) is 0 Å². The van der Waals surface area contributed by atoms with Crippen molar-refractivity contribution in [2.45, 2.75) is 26.0 Å². The Morgan fingerprint density at radius 2 is 2.44 bits per heavy atom. The minimum atomic E-state index is -0.503. The van der Waals surface area contributed by atoms with E-state index in [1.54, 1.807) is 0 Å². The first-order valence-corrected chi connectivity index (χ1v) is 2.92. The molecular formula is C5H10N2O2. The highest BCUT2D eigenvalue weighted by atomic mass is 16.7. The standard InChI is InChI=1S/C5H10N2O2/c1-3-5(2)6-4(8)7-9-5/h3H2,1-2H3,(H2,6,7,8). The van der Waals surface area contributed by atoms with E-state index in [-0.39, 0.29) is 6.03 Å². The van der Waals surface area contributed by atoms with Crippen LogP contribution in [-0.4, -0.2) is 11.8 Å². The van der Waals surface area contributed by atoms with Gasteiger partial charge in [0.25, 0.3) is 0 Å². The van der Waals surface area contributed by atoms with Crippen molar-refractivity contribution in [3.63, 3.8) is 0 Å². The lowest BCUT2D eigenvalue weighted by Crippen LogP contribution is -2.38. The average molecular weight is 130 g/mol. The molecular weight excluding hydrogens is 120 g/mol. The third-order valence-electron chi connectivity index (χ3n) is 1.42. The summed E-state index contributed by atoms with van der Waals surface area (Å²) in [6.07, 6.45) is 0.756. The first kappa shape index (κ1) is 6.35. The van der Waals surface area contributed by atoms with Crippen LogP contribution in [0.15, 0.2) is 0 Å². The number of hydroxylamine groups is 1. The second-order valence-electron chi connectivity index (χ2n) is 2.24. The molecule has 9 heavy (non-hydrogen) atoms. The molecule has 0 spiro atoms. The molecule has 1 aliphatic rings. The normalized spacial score (nSPS) is 33.8. The Morgan fingerprint density at radius 1 is 1.78 bits per heavy atom. The molecule has 1 heterocycles. The van der Waals surface area contributed by atoms with Crippen LogP contribution in [0.3, 0.4) is 0 Å². The number of carbonyl (C=O) groups excluding carboxylic acids is 1. The Kier molecular flexibility index (Phi) is 1.32. The molecule has 1 aliphatic heterocycles. The van der Waals surface area contributed by atoms with Crippen molar-refractivity contribution in [2.24, 2.45) is 0 Å². The molecule has 1 saturated heterocycles. The largest absolute Gasteiger partial charge is 0.341 e. The van der Waals surface area contributed by atoms with Gasteiger partial charge in [-0.15, -0.1) is 0 Å². The maximum absolute atomic E-state index is 10.5. The molecule has 0 radical (unpaired) electrons. The highest BCUT2D eigenvalue weighted by Crippen LogP contribution is 2.12. The second kappa shape index (κ2) is 1.88. The maximum atomic E-state index is 10.5. The lowest BCUT2D eigenvalue weighted by molar-refractivity contribution is -0.0487. The summed E-state index contributed by atoms with van der Waals surface area (Å²) in [6, 6.07) is -0.264. The quantitative estimate of drug-likeness (QED) is 0.538. The fraction of sp³-hybridized carbons (Fsp3) is 0.800. The van der Waals surface area contributed by atoms with Gasteiger partial charge in [-0.2, -0.15) is 0 Å². The van der Waals surface area contributed by atoms with Crippen LogP contribution in [0.4, 0.5) is 4.79 Å². The molecule has 1 rings (SSSR count). The van der Waals surface area contributed by atoms with E-state index in [0.29, 0.717) is 0 Å². The van der Waals surface area contributed by atoms with Gasteiger partial charge in [0.15, 0.2) is 5.72 Å². The van der Waals surface area contributed by atoms with Gasteiger partial charge >= 0.3 is 6.03 Å². The molecule has 0 saturated carbocycles. The van der Waals surface area contributed by atoms with Crippen molar-refractivity contribution < 1.29 is 9.63 Å². The first-order valence-electron chi connectivity index (χ1n) is 2.92. The predicted octanol–water partition coefficient (Wildman–Crippen LogP) is 0.357. The molecule has 4 heteroatoms. The maximum Gasteiger partial charge on any atom is 0.341 e. The summed E-state index contributed by atoms with van der Waals surface area (Å²) in [5.41, 5.74) is 1.71. The fourth-order valence-corrected chi connectivity index (χ4v) is 0.611. The molecule has 52 valence electrons. The fourth-order valence-electron chi connectivity index (χ4n) is 0.611. The molecule has 1 atom stereocenters. The van der Waals surface area contributed by atoms with Crippen LogP contribution in [-0.2, 0) is 4.84 Å². The first-order chi connectivity index (χ1) is 4.16. The molecule has 0 aromatic carbocycles. The van der Waals surface area contributed by atoms with E-state index in [2.05, 4.69) is 10.8 Å². The molecule has 0 aliphatic carbocycles. The van der Waals surface area contributed by atoms with Crippen LogP contribution < -0.4 is 10.8 Å². The highest BCUT2D eigenvalue weighted by Gasteiger charge is 2.32. The summed E-state index contributed by atoms with van der Waals surface area (Å²) < 4.78 is 0. The minimum Gasteiger partial charge on any atom is -0.306 e. The van der Waals surface area contributed by atoms with E-state index < -0.39 is 5.72 Å². The Hall–Kier alpha value is -0.770. The summed E-state index contributed by atoms with van der Waals surface area (Å²) in [4.78, 5) is 15.4. The second-order valence-corrected chi connectivity index (χ2v) is 2.24. The monoisotopic (exact) mass is 130 g/mol. The summed E-state index contributed by atoms with van der Waals surface area (Å²) in [5, 5.41) is 2.61. The van der Waals surface area contributed by atoms with Crippen molar-refractivity contribution in [1.29, 1.82) is 0 Å². The van der Waals surface area contributed by atoms with Gasteiger partial charge in [-0.05, 0) is 13.3 Å². The Balaban J connectivity index is 2.54. The van der Waals surface area contributed by atoms with E-state index in [9.17, 15) is 4.79 Å². The van der Waals surface area contributed by atoms with Gasteiger partial charge in [-0.3, -0.25) is 0 Å². The van der Waals surface area contributed by atoms with E-state index in [4.69, 9.17) is 4.84 Å². The third-order valence-corrected chi connectivity index (χ3v) is 1.42. The number of urea groups is 1. The van der Waals surface area contributed by atoms with Crippen LogP contribution in [0.1, 0.15) is 20.3 Å². The molecule has 1 unspecified atom stereocenters. The van der Waals surface area contributed by atoms with Crippen LogP contribution in [0.25, 0.3) is 0 Å². The van der Waals surface area contributed by atoms with Crippen LogP contribution >= 0.6 is 0 Å². The van der Waals surface area contributed by atoms with Crippen molar-refractivity contribution in [3.05, 3.63) is 0 Å². The van der Waals surface area contributed by atoms with Gasteiger partial charge < -0.3 is 5.32 Å². The van der Waals surface area contributed by atoms with E-state index in [0.717, 1.165) is 6.42 Å². The zero-order valence-electron chi connectivity index (χ0n) is 5.52. The zero-order chi connectivity index (χ0) is 6.91. The van der Waals surface area contributed by atoms with Crippen molar-refractivity contribution in [3.8, 4) is 0 Å². The van der Waals surface area contributed by atoms with Crippen LogP contribution in [0.5, 0.6) is 0 Å². The van der Waals surface area contributed by atoms with Gasteiger partial charge in [0, 0.05) is 0 Å². The predicted molar refractivity (Wildman–Crippen MR) is 31.4 cm³/mol. The van der Waals surface area contributed by atoms with Gasteiger partial charge in [0.1, 0.15) is 0 Å². The SMILES string of the molecule is CCC1(C)NC(=O)NO1. The summed E-state index contributed by atoms with van der Waals surface area (Å²) in [5.74, 6) is 0. The average Bonchev–Trinajstić information content (AvgIpc) is 2.13. The van der Waals surface area contributed by atoms with Crippen molar-refractivity contribution in [1.82, 2.24) is 10.8 Å². The van der Waals surface area contributed by atoms with Gasteiger partial charge in [0.2, 0.25) is 0 Å². The Morgan fingerprint density at radius 3 is 2.67 bits per heavy atom. The lowest BCUT2D eigenvalue weighted by atomic mass is 10.2. The number of hydrogen-bond donors (Lipinski definition) is 2. The van der Waals surface area contributed by atoms with E-state index in [1.165, 1.54) is 0 Å². The van der Waals surface area contributed by atoms with Gasteiger partial charge in [0.05, 0.1) is 0 Å². The van der Waals surface area contributed by atoms with Gasteiger partial charge in [-0.25, -0.2) is 15.1 Å². The number of rotatable bonds is 1. The number of carbonyl (C=O) groups is 1. The molecule has 0 bridgehead atoms. The van der Waals surface area contributed by atoms with Crippen molar-refractivity contribution >= 4 is 6.03 Å². The van der Waals surface area contributed by atoms with Crippen molar-refractivity contribution in [2.75, 3.05) is 0 Å². The molecule has 0 aromatic rings. The van der Waals surface area contributed by atoms with Gasteiger partial charge in [-0.1, -0.05) is 6.92 Å². The Bertz CT molecular complexity index is 137. The van der Waals surface area contributed by atoms with Crippen LogP contribution in [0, 0.1) is 0 Å². The molecule has 2 N–H and O–H groups in total. The van der Waals surface area contributed by atoms with E-state index >= 15 is 0 Å². The summed E-state index contributed by atoms with van der Waals surface area (Å²) >= 11 is 0. The number of hydrogen-bond acceptors (Lipinski definition) is 2. The zero-order valence-corrected chi connectivity index (χ0v) is 5.52. The minimum absolute atomic E-state index is 0.264. The smallest absolute Gasteiger partial charge is 0.306 e. The Labute approximate surface area is 53.5 Å². The third kappa shape index (κ3) is 1.13. The number of amides is 2. The molecule has 4 nitrogen and oxygen atoms in total. The summed E-state index contributed by atoms with van der Waals surface area (Å²) in [7, 11) is 0.